The standard InChI is InChI=1S/C44H49N7O6S/c1-24-6-4-9-31(46-24)38(53)47-32-19-35-33(18-29(32)43(2,3)57)48-40(58-35)26-10-12-27(13-11-26)50-22-44(23-50)20-25(21-44)16-17-45-30-8-5-7-28-37(30)42(56)51(41(28)55)34-14-15-36(52)49-39(34)54/h4-9,18-19,25-27,34,45,57H,10-17,20-23H2,1-3H3,(H,47,53)(H,49,52,54)/t26-,27-,34?. The zero-order valence-electron chi connectivity index (χ0n) is 33.1. The lowest BCUT2D eigenvalue weighted by Crippen LogP contribution is -2.65. The van der Waals surface area contributed by atoms with Crippen LogP contribution in [0, 0.1) is 18.3 Å². The molecular formula is C44H49N7O6S. The van der Waals surface area contributed by atoms with E-state index in [9.17, 15) is 29.1 Å². The number of carbonyl (C=O) groups excluding carboxylic acids is 5. The first-order chi connectivity index (χ1) is 27.7. The van der Waals surface area contributed by atoms with Crippen molar-refractivity contribution in [1.29, 1.82) is 0 Å². The van der Waals surface area contributed by atoms with Gasteiger partial charge in [-0.3, -0.25) is 39.1 Å². The van der Waals surface area contributed by atoms with Gasteiger partial charge in [0.25, 0.3) is 17.7 Å². The van der Waals surface area contributed by atoms with Gasteiger partial charge < -0.3 is 15.7 Å². The lowest BCUT2D eigenvalue weighted by molar-refractivity contribution is -0.136. The summed E-state index contributed by atoms with van der Waals surface area (Å²) in [6.45, 7) is 8.28. The number of aromatic nitrogens is 2. The smallest absolute Gasteiger partial charge is 0.274 e. The summed E-state index contributed by atoms with van der Waals surface area (Å²) in [5.41, 5.74) is 3.57. The largest absolute Gasteiger partial charge is 0.386 e. The molecule has 4 aromatic rings. The predicted molar refractivity (Wildman–Crippen MR) is 220 cm³/mol. The summed E-state index contributed by atoms with van der Waals surface area (Å²) in [6.07, 6.45) is 8.09. The zero-order valence-corrected chi connectivity index (χ0v) is 33.9. The summed E-state index contributed by atoms with van der Waals surface area (Å²) in [4.78, 5) is 77.0. The maximum absolute atomic E-state index is 13.4. The highest BCUT2D eigenvalue weighted by Crippen LogP contribution is 2.55. The van der Waals surface area contributed by atoms with Crippen LogP contribution in [0.4, 0.5) is 11.4 Å². The first-order valence-corrected chi connectivity index (χ1v) is 21.3. The molecule has 5 heterocycles. The van der Waals surface area contributed by atoms with Gasteiger partial charge in [0, 0.05) is 60.6 Å². The number of likely N-dealkylation sites (tertiary alicyclic amines) is 1. The first-order valence-electron chi connectivity index (χ1n) is 20.5. The average molecular weight is 804 g/mol. The molecule has 9 rings (SSSR count). The number of nitrogens with zero attached hydrogens (tertiary/aromatic N) is 4. The summed E-state index contributed by atoms with van der Waals surface area (Å²) in [5, 5.41) is 20.8. The second kappa shape index (κ2) is 14.6. The third-order valence-corrected chi connectivity index (χ3v) is 14.2. The number of fused-ring (bicyclic) bond motifs is 2. The van der Waals surface area contributed by atoms with Crippen LogP contribution in [-0.4, -0.2) is 86.1 Å². The number of aryl methyl sites for hydroxylation is 1. The Morgan fingerprint density at radius 3 is 2.45 bits per heavy atom. The minimum Gasteiger partial charge on any atom is -0.386 e. The SMILES string of the molecule is Cc1cccc(C(=O)Nc2cc3sc([C@H]4CC[C@H](N5CC6(CC(CCNc7cccc8c7C(=O)N(C7CCC(=O)NC7=O)C8=O)C6)C5)CC4)nc3cc2C(C)(C)O)n1. The van der Waals surface area contributed by atoms with Crippen molar-refractivity contribution in [3.05, 3.63) is 81.6 Å². The minimum absolute atomic E-state index is 0.0922. The van der Waals surface area contributed by atoms with Crippen LogP contribution in [0.25, 0.3) is 10.2 Å². The second-order valence-corrected chi connectivity index (χ2v) is 18.7. The van der Waals surface area contributed by atoms with E-state index in [1.807, 2.05) is 37.3 Å². The molecule has 4 fully saturated rings. The van der Waals surface area contributed by atoms with E-state index < -0.39 is 35.3 Å². The molecule has 5 amide bonds. The molecule has 1 atom stereocenters. The fourth-order valence-electron chi connectivity index (χ4n) is 10.1. The average Bonchev–Trinajstić information content (AvgIpc) is 3.69. The summed E-state index contributed by atoms with van der Waals surface area (Å²) < 4.78 is 0.990. The fourth-order valence-corrected chi connectivity index (χ4v) is 11.3. The Hall–Kier alpha value is -5.05. The minimum atomic E-state index is -1.18. The van der Waals surface area contributed by atoms with Crippen LogP contribution in [0.2, 0.25) is 0 Å². The summed E-state index contributed by atoms with van der Waals surface area (Å²) >= 11 is 1.68. The maximum Gasteiger partial charge on any atom is 0.274 e. The Morgan fingerprint density at radius 2 is 1.72 bits per heavy atom. The lowest BCUT2D eigenvalue weighted by Gasteiger charge is -2.62. The molecular weight excluding hydrogens is 755 g/mol. The summed E-state index contributed by atoms with van der Waals surface area (Å²) in [5.74, 6) is -1.28. The van der Waals surface area contributed by atoms with Crippen LogP contribution in [0.15, 0.2) is 48.5 Å². The highest BCUT2D eigenvalue weighted by Gasteiger charge is 2.53. The Balaban J connectivity index is 0.750. The normalized spacial score (nSPS) is 23.4. The van der Waals surface area contributed by atoms with Crippen LogP contribution < -0.4 is 16.0 Å². The Kier molecular flexibility index (Phi) is 9.72. The molecule has 2 saturated carbocycles. The number of aliphatic hydroxyl groups is 1. The summed E-state index contributed by atoms with van der Waals surface area (Å²) in [6, 6.07) is 14.0. The maximum atomic E-state index is 13.4. The molecule has 1 spiro atoms. The highest BCUT2D eigenvalue weighted by molar-refractivity contribution is 7.18. The van der Waals surface area contributed by atoms with Crippen LogP contribution in [0.1, 0.15) is 125 Å². The van der Waals surface area contributed by atoms with Gasteiger partial charge >= 0.3 is 0 Å². The van der Waals surface area contributed by atoms with Crippen LogP contribution in [0.3, 0.4) is 0 Å². The van der Waals surface area contributed by atoms with Gasteiger partial charge in [-0.2, -0.15) is 0 Å². The van der Waals surface area contributed by atoms with Crippen molar-refractivity contribution in [3.8, 4) is 0 Å². The van der Waals surface area contributed by atoms with E-state index in [0.717, 1.165) is 71.0 Å². The molecule has 302 valence electrons. The number of piperidine rings is 1. The van der Waals surface area contributed by atoms with Crippen molar-refractivity contribution in [3.63, 3.8) is 0 Å². The number of pyridine rings is 1. The van der Waals surface area contributed by atoms with Gasteiger partial charge in [0.2, 0.25) is 11.8 Å². The van der Waals surface area contributed by atoms with Gasteiger partial charge in [-0.05, 0) is 120 Å². The van der Waals surface area contributed by atoms with E-state index in [4.69, 9.17) is 4.98 Å². The molecule has 0 radical (unpaired) electrons. The van der Waals surface area contributed by atoms with Crippen molar-refractivity contribution >= 4 is 62.5 Å². The van der Waals surface area contributed by atoms with Gasteiger partial charge in [-0.15, -0.1) is 11.3 Å². The number of amides is 5. The van der Waals surface area contributed by atoms with Crippen LogP contribution in [0.5, 0.6) is 0 Å². The number of imide groups is 2. The topological polar surface area (TPSA) is 174 Å². The van der Waals surface area contributed by atoms with Gasteiger partial charge in [0.1, 0.15) is 11.7 Å². The van der Waals surface area contributed by atoms with E-state index in [2.05, 4.69) is 25.8 Å². The molecule has 4 N–H and O–H groups in total. The quantitative estimate of drug-likeness (QED) is 0.137. The van der Waals surface area contributed by atoms with Gasteiger partial charge in [0.05, 0.1) is 32.0 Å². The molecule has 5 aliphatic rings. The third kappa shape index (κ3) is 7.08. The van der Waals surface area contributed by atoms with Crippen LogP contribution in [-0.2, 0) is 15.2 Å². The number of rotatable bonds is 10. The monoisotopic (exact) mass is 803 g/mol. The Bertz CT molecular complexity index is 2350. The van der Waals surface area contributed by atoms with E-state index in [0.29, 0.717) is 63.6 Å². The van der Waals surface area contributed by atoms with Crippen molar-refractivity contribution in [1.82, 2.24) is 25.1 Å². The molecule has 2 aliphatic carbocycles. The molecule has 13 nitrogen and oxygen atoms in total. The summed E-state index contributed by atoms with van der Waals surface area (Å²) in [7, 11) is 0. The Labute approximate surface area is 341 Å². The number of hydrogen-bond donors (Lipinski definition) is 4. The van der Waals surface area contributed by atoms with Gasteiger partial charge in [-0.25, -0.2) is 9.97 Å². The number of benzene rings is 2. The molecule has 2 aromatic carbocycles. The lowest BCUT2D eigenvalue weighted by atomic mass is 9.56. The van der Waals surface area contributed by atoms with E-state index in [1.54, 1.807) is 43.4 Å². The number of carbonyl (C=O) groups is 5. The second-order valence-electron chi connectivity index (χ2n) is 17.7. The Morgan fingerprint density at radius 1 is 0.966 bits per heavy atom. The van der Waals surface area contributed by atoms with E-state index in [-0.39, 0.29) is 18.7 Å². The number of hydrogen-bond acceptors (Lipinski definition) is 11. The van der Waals surface area contributed by atoms with Crippen molar-refractivity contribution in [2.24, 2.45) is 11.3 Å². The third-order valence-electron chi connectivity index (χ3n) is 13.0. The molecule has 2 saturated heterocycles. The molecule has 14 heteroatoms. The van der Waals surface area contributed by atoms with Crippen molar-refractivity contribution in [2.75, 3.05) is 30.3 Å². The van der Waals surface area contributed by atoms with Crippen molar-refractivity contribution < 1.29 is 29.1 Å². The highest BCUT2D eigenvalue weighted by atomic mass is 32.1. The van der Waals surface area contributed by atoms with Crippen molar-refractivity contribution in [2.45, 2.75) is 102 Å². The predicted octanol–water partition coefficient (Wildman–Crippen LogP) is 6.12. The molecule has 3 aliphatic heterocycles. The van der Waals surface area contributed by atoms with Crippen LogP contribution >= 0.6 is 11.3 Å². The first kappa shape index (κ1) is 38.5. The molecule has 1 unspecified atom stereocenters. The van der Waals surface area contributed by atoms with Gasteiger partial charge in [-0.1, -0.05) is 12.1 Å². The number of nitrogens with one attached hydrogen (secondary N) is 3. The molecule has 2 aromatic heterocycles. The van der Waals surface area contributed by atoms with E-state index >= 15 is 0 Å². The number of thiazole rings is 1. The van der Waals surface area contributed by atoms with Gasteiger partial charge in [0.15, 0.2) is 0 Å². The fraction of sp³-hybridized carbons (Fsp3) is 0.477. The zero-order chi connectivity index (χ0) is 40.5. The molecule has 58 heavy (non-hydrogen) atoms. The van der Waals surface area contributed by atoms with E-state index in [1.165, 1.54) is 12.8 Å². The number of anilines is 2. The molecule has 0 bridgehead atoms.